The van der Waals surface area contributed by atoms with Gasteiger partial charge in [-0.3, -0.25) is 43.2 Å². The number of aliphatic hydroxyl groups excluding tert-OH is 1. The van der Waals surface area contributed by atoms with Crippen LogP contribution in [0, 0.1) is 11.8 Å². The van der Waals surface area contributed by atoms with Crippen molar-refractivity contribution in [2.75, 3.05) is 32.7 Å². The molecule has 1 aromatic carbocycles. The molecule has 2 rings (SSSR count). The van der Waals surface area contributed by atoms with Gasteiger partial charge in [0.2, 0.25) is 53.2 Å². The molecule has 23 nitrogen and oxygen atoms in total. The van der Waals surface area contributed by atoms with E-state index in [1.54, 1.807) is 30.3 Å². The maximum atomic E-state index is 14.4. The number of rotatable bonds is 25. The number of unbranched alkanes of at least 4 members (excludes halogenated alkanes) is 4. The van der Waals surface area contributed by atoms with Crippen LogP contribution in [0.5, 0.6) is 0 Å². The van der Waals surface area contributed by atoms with Crippen LogP contribution in [0.1, 0.15) is 130 Å². The molecule has 418 valence electrons. The molecule has 0 aliphatic carbocycles. The maximum absolute atomic E-state index is 14.4. The molecular formula is C51H89N13O10. The molecule has 0 saturated carbocycles. The third-order valence-electron chi connectivity index (χ3n) is 12.4. The lowest BCUT2D eigenvalue weighted by Gasteiger charge is -2.28. The van der Waals surface area contributed by atoms with E-state index < -0.39 is 108 Å². The van der Waals surface area contributed by atoms with Crippen molar-refractivity contribution < 1.29 is 48.3 Å². The van der Waals surface area contributed by atoms with Gasteiger partial charge in [-0.2, -0.15) is 0 Å². The fraction of sp³-hybridized carbons (Fsp3) is 0.706. The van der Waals surface area contributed by atoms with Crippen LogP contribution in [0.3, 0.4) is 0 Å². The Balaban J connectivity index is 2.68. The molecular weight excluding hydrogens is 955 g/mol. The highest BCUT2D eigenvalue weighted by molar-refractivity contribution is 5.98. The van der Waals surface area contributed by atoms with E-state index in [9.17, 15) is 48.3 Å². The number of hydrogen-bond donors (Lipinski definition) is 14. The third-order valence-corrected chi connectivity index (χ3v) is 12.4. The fourth-order valence-electron chi connectivity index (χ4n) is 8.40. The summed E-state index contributed by atoms with van der Waals surface area (Å²) >= 11 is 0. The van der Waals surface area contributed by atoms with Gasteiger partial charge in [0.25, 0.3) is 0 Å². The molecule has 9 atom stereocenters. The predicted molar refractivity (Wildman–Crippen MR) is 281 cm³/mol. The summed E-state index contributed by atoms with van der Waals surface area (Å²) < 4.78 is 0. The van der Waals surface area contributed by atoms with Gasteiger partial charge in [-0.25, -0.2) is 0 Å². The standard InChI is InChI=1S/C51H89N13O10/c1-6-7-8-9-13-16-34(65)30-43(66)57-35(17-22-52)45(68)61-39-21-26-56-44(67)40(27-31(2)3)62-47(70)37(19-24-54)58-46(69)36(18-23-53)60-50(73)41(28-32(4)5)63-51(74)42(29-33-14-11-10-12-15-33)64-48(71)38(20-25-55)59-49(39)72/h10-12,14-15,31-32,34-42,65H,6-9,13,16-30,52-55H2,1-5H3,(H,56,67)(H,57,66)(H,58,69)(H,59,72)(H,60,73)(H,61,68)(H,62,70)(H,63,74)(H,64,71)/t34-,35-,36+,37+,38+,39+,40+,41+,42+/m1/s1. The Morgan fingerprint density at radius 3 is 1.55 bits per heavy atom. The lowest BCUT2D eigenvalue weighted by Crippen LogP contribution is -2.61. The van der Waals surface area contributed by atoms with Gasteiger partial charge >= 0.3 is 0 Å². The van der Waals surface area contributed by atoms with E-state index in [1.807, 2.05) is 27.7 Å². The molecule has 1 fully saturated rings. The second-order valence-electron chi connectivity index (χ2n) is 19.9. The lowest BCUT2D eigenvalue weighted by atomic mass is 10.00. The summed E-state index contributed by atoms with van der Waals surface area (Å²) in [6, 6.07) is -1.57. The van der Waals surface area contributed by atoms with Crippen LogP contribution in [-0.4, -0.2) is 145 Å². The number of hydrogen-bond acceptors (Lipinski definition) is 14. The zero-order valence-electron chi connectivity index (χ0n) is 44.3. The van der Waals surface area contributed by atoms with Gasteiger partial charge in [0, 0.05) is 13.0 Å². The molecule has 0 bridgehead atoms. The summed E-state index contributed by atoms with van der Waals surface area (Å²) in [6.07, 6.45) is 3.59. The second-order valence-corrected chi connectivity index (χ2v) is 19.9. The van der Waals surface area contributed by atoms with Gasteiger partial charge in [-0.05, 0) is 94.9 Å². The number of aliphatic hydroxyl groups is 1. The Bertz CT molecular complexity index is 1930. The Morgan fingerprint density at radius 2 is 1.05 bits per heavy atom. The Kier molecular flexibility index (Phi) is 30.8. The summed E-state index contributed by atoms with van der Waals surface area (Å²) in [7, 11) is 0. The monoisotopic (exact) mass is 1040 g/mol. The third kappa shape index (κ3) is 24.5. The predicted octanol–water partition coefficient (Wildman–Crippen LogP) is -1.77. The zero-order chi connectivity index (χ0) is 55.2. The first-order chi connectivity index (χ1) is 35.3. The van der Waals surface area contributed by atoms with Crippen molar-refractivity contribution >= 4 is 53.2 Å². The normalized spacial score (nSPS) is 23.0. The first-order valence-corrected chi connectivity index (χ1v) is 26.5. The van der Waals surface area contributed by atoms with Crippen molar-refractivity contribution in [1.29, 1.82) is 0 Å². The number of amides is 9. The molecule has 1 aromatic rings. The van der Waals surface area contributed by atoms with Gasteiger partial charge in [-0.15, -0.1) is 0 Å². The smallest absolute Gasteiger partial charge is 0.243 e. The number of nitrogens with two attached hydrogens (primary N) is 4. The minimum atomic E-state index is -1.47. The van der Waals surface area contributed by atoms with Crippen LogP contribution in [0.4, 0.5) is 0 Å². The summed E-state index contributed by atoms with van der Waals surface area (Å²) in [5, 5.41) is 34.7. The molecule has 9 amide bonds. The van der Waals surface area contributed by atoms with Crippen molar-refractivity contribution in [3.8, 4) is 0 Å². The summed E-state index contributed by atoms with van der Waals surface area (Å²) in [5.74, 6) is -7.07. The average molecular weight is 1040 g/mol. The summed E-state index contributed by atoms with van der Waals surface area (Å²) in [6.45, 7) is 8.90. The van der Waals surface area contributed by atoms with E-state index >= 15 is 0 Å². The molecule has 0 aromatic heterocycles. The van der Waals surface area contributed by atoms with Gasteiger partial charge < -0.3 is 75.9 Å². The van der Waals surface area contributed by atoms with E-state index in [0.717, 1.165) is 32.1 Å². The summed E-state index contributed by atoms with van der Waals surface area (Å²) in [5.41, 5.74) is 24.2. The topological polar surface area (TPSA) is 386 Å². The van der Waals surface area contributed by atoms with Gasteiger partial charge in [-0.1, -0.05) is 97.1 Å². The second kappa shape index (κ2) is 35.4. The van der Waals surface area contributed by atoms with E-state index in [0.29, 0.717) is 12.0 Å². The highest BCUT2D eigenvalue weighted by Crippen LogP contribution is 2.13. The van der Waals surface area contributed by atoms with Crippen LogP contribution in [-0.2, 0) is 49.6 Å². The van der Waals surface area contributed by atoms with Gasteiger partial charge in [0.1, 0.15) is 48.3 Å². The van der Waals surface area contributed by atoms with Crippen molar-refractivity contribution in [2.24, 2.45) is 34.8 Å². The van der Waals surface area contributed by atoms with E-state index in [-0.39, 0.29) is 102 Å². The fourth-order valence-corrected chi connectivity index (χ4v) is 8.40. The van der Waals surface area contributed by atoms with Gasteiger partial charge in [0.05, 0.1) is 12.5 Å². The van der Waals surface area contributed by atoms with Crippen molar-refractivity contribution in [3.05, 3.63) is 35.9 Å². The molecule has 1 saturated heterocycles. The number of carbonyl (C=O) groups is 9. The number of carbonyl (C=O) groups excluding carboxylic acids is 9. The molecule has 0 radical (unpaired) electrons. The summed E-state index contributed by atoms with van der Waals surface area (Å²) in [4.78, 5) is 126. The Morgan fingerprint density at radius 1 is 0.595 bits per heavy atom. The highest BCUT2D eigenvalue weighted by Gasteiger charge is 2.35. The van der Waals surface area contributed by atoms with Crippen molar-refractivity contribution in [3.63, 3.8) is 0 Å². The van der Waals surface area contributed by atoms with Crippen molar-refractivity contribution in [1.82, 2.24) is 47.9 Å². The van der Waals surface area contributed by atoms with Crippen LogP contribution < -0.4 is 70.8 Å². The number of benzene rings is 1. The molecule has 23 heteroatoms. The molecule has 1 aliphatic heterocycles. The van der Waals surface area contributed by atoms with Gasteiger partial charge in [0.15, 0.2) is 0 Å². The number of nitrogens with one attached hydrogen (secondary N) is 9. The molecule has 74 heavy (non-hydrogen) atoms. The van der Waals surface area contributed by atoms with Crippen LogP contribution in [0.15, 0.2) is 30.3 Å². The minimum Gasteiger partial charge on any atom is -0.393 e. The Labute approximate surface area is 436 Å². The lowest BCUT2D eigenvalue weighted by molar-refractivity contribution is -0.136. The van der Waals surface area contributed by atoms with Crippen molar-refractivity contribution in [2.45, 2.75) is 185 Å². The molecule has 1 aliphatic rings. The van der Waals surface area contributed by atoms with Crippen LogP contribution >= 0.6 is 0 Å². The molecule has 0 unspecified atom stereocenters. The first kappa shape index (κ1) is 64.4. The largest absolute Gasteiger partial charge is 0.393 e. The SMILES string of the molecule is CCCCCCC[C@@H](O)CC(=O)N[C@H](CCN)C(=O)N[C@H]1CCNC(=O)[C@H](CC(C)C)NC(=O)[C@H](CCN)NC(=O)[C@H](CCN)NC(=O)[C@H](CC(C)C)NC(=O)[C@H](Cc2ccccc2)NC(=O)[C@H](CCN)NC1=O. The maximum Gasteiger partial charge on any atom is 0.243 e. The molecule has 18 N–H and O–H groups in total. The Hall–Kier alpha value is -5.75. The van der Waals surface area contributed by atoms with Crippen LogP contribution in [0.2, 0.25) is 0 Å². The quantitative estimate of drug-likeness (QED) is 0.0482. The molecule has 1 heterocycles. The highest BCUT2D eigenvalue weighted by atomic mass is 16.3. The van der Waals surface area contributed by atoms with E-state index in [2.05, 4.69) is 54.8 Å². The van der Waals surface area contributed by atoms with E-state index in [4.69, 9.17) is 22.9 Å². The molecule has 0 spiro atoms. The average Bonchev–Trinajstić information content (AvgIpc) is 3.34. The van der Waals surface area contributed by atoms with Crippen LogP contribution in [0.25, 0.3) is 0 Å². The zero-order valence-corrected chi connectivity index (χ0v) is 44.3. The minimum absolute atomic E-state index is 0.0440. The van der Waals surface area contributed by atoms with E-state index in [1.165, 1.54) is 0 Å². The first-order valence-electron chi connectivity index (χ1n) is 26.5.